The van der Waals surface area contributed by atoms with Crippen LogP contribution in [0.5, 0.6) is 0 Å². The van der Waals surface area contributed by atoms with E-state index in [2.05, 4.69) is 22.6 Å². The summed E-state index contributed by atoms with van der Waals surface area (Å²) in [5.41, 5.74) is 0.389. The van der Waals surface area contributed by atoms with E-state index in [0.717, 1.165) is 53.6 Å². The Hall–Kier alpha value is -0.300. The first-order valence-electron chi connectivity index (χ1n) is 11.3. The first-order valence-corrected chi connectivity index (χ1v) is 12.6. The van der Waals surface area contributed by atoms with E-state index >= 15 is 0 Å². The number of benzene rings is 1. The summed E-state index contributed by atoms with van der Waals surface area (Å²) >= 11 is 2.60. The van der Waals surface area contributed by atoms with Crippen LogP contribution in [-0.4, -0.2) is 16.6 Å². The molecule has 3 aliphatic rings. The van der Waals surface area contributed by atoms with Gasteiger partial charge in [-0.2, -0.15) is 0 Å². The second-order valence-corrected chi connectivity index (χ2v) is 11.2. The number of ether oxygens (including phenoxy) is 1. The Morgan fingerprint density at radius 3 is 2.07 bits per heavy atom. The van der Waals surface area contributed by atoms with Gasteiger partial charge in [-0.1, -0.05) is 34.7 Å². The van der Waals surface area contributed by atoms with Crippen LogP contribution in [0, 0.1) is 23.6 Å². The minimum atomic E-state index is -2.75. The van der Waals surface area contributed by atoms with E-state index in [4.69, 9.17) is 4.74 Å². The van der Waals surface area contributed by atoms with Crippen molar-refractivity contribution in [2.24, 2.45) is 17.8 Å². The molecule has 2 atom stereocenters. The number of halogens is 4. The maximum absolute atomic E-state index is 13.9. The van der Waals surface area contributed by atoms with Gasteiger partial charge in [0.15, 0.2) is 0 Å². The highest BCUT2D eigenvalue weighted by molar-refractivity contribution is 14.1. The Kier molecular flexibility index (Phi) is 7.47. The monoisotopic (exact) mass is 520 g/mol. The van der Waals surface area contributed by atoms with E-state index in [-0.39, 0.29) is 5.92 Å². The predicted molar refractivity (Wildman–Crippen MR) is 118 cm³/mol. The highest BCUT2D eigenvalue weighted by Gasteiger charge is 2.35. The van der Waals surface area contributed by atoms with Gasteiger partial charge < -0.3 is 4.74 Å². The van der Waals surface area contributed by atoms with Crippen molar-refractivity contribution in [3.8, 4) is 0 Å². The summed E-state index contributed by atoms with van der Waals surface area (Å²) in [6, 6.07) is 4.29. The Balaban J connectivity index is 1.25. The quantitative estimate of drug-likeness (QED) is 0.291. The third kappa shape index (κ3) is 5.31. The summed E-state index contributed by atoms with van der Waals surface area (Å²) in [6.45, 7) is 0.932. The lowest BCUT2D eigenvalue weighted by Gasteiger charge is -2.41. The van der Waals surface area contributed by atoms with E-state index in [1.165, 1.54) is 50.7 Å². The van der Waals surface area contributed by atoms with Gasteiger partial charge in [0.1, 0.15) is 5.82 Å². The van der Waals surface area contributed by atoms with E-state index in [1.807, 2.05) is 0 Å². The van der Waals surface area contributed by atoms with Crippen LogP contribution in [0.3, 0.4) is 0 Å². The molecule has 0 radical (unpaired) electrons. The largest absolute Gasteiger partial charge is 0.378 e. The van der Waals surface area contributed by atoms with Gasteiger partial charge in [0.25, 0.3) is 6.43 Å². The normalized spacial score (nSPS) is 36.3. The molecular formula is C24H32F3IO. The zero-order valence-corrected chi connectivity index (χ0v) is 19.1. The van der Waals surface area contributed by atoms with Gasteiger partial charge in [-0.15, -0.1) is 0 Å². The van der Waals surface area contributed by atoms with Crippen LogP contribution in [0.1, 0.15) is 87.7 Å². The molecule has 2 saturated carbocycles. The Morgan fingerprint density at radius 2 is 1.48 bits per heavy atom. The Labute approximate surface area is 186 Å². The molecule has 0 amide bonds. The third-order valence-electron chi connectivity index (χ3n) is 7.74. The molecule has 1 saturated heterocycles. The van der Waals surface area contributed by atoms with Crippen molar-refractivity contribution < 1.29 is 17.9 Å². The smallest absolute Gasteiger partial charge is 0.266 e. The average molecular weight is 520 g/mol. The van der Waals surface area contributed by atoms with Crippen LogP contribution in [-0.2, 0) is 4.74 Å². The predicted octanol–water partition coefficient (Wildman–Crippen LogP) is 7.83. The maximum Gasteiger partial charge on any atom is 0.266 e. The molecule has 0 aromatic heterocycles. The van der Waals surface area contributed by atoms with Crippen molar-refractivity contribution in [1.29, 1.82) is 0 Å². The van der Waals surface area contributed by atoms with Gasteiger partial charge in [0, 0.05) is 3.92 Å². The number of hydrogen-bond donors (Lipinski definition) is 0. The van der Waals surface area contributed by atoms with Crippen LogP contribution in [0.15, 0.2) is 18.2 Å². The molecule has 0 bridgehead atoms. The van der Waals surface area contributed by atoms with Crippen molar-refractivity contribution >= 4 is 22.6 Å². The lowest BCUT2D eigenvalue weighted by atomic mass is 9.73. The van der Waals surface area contributed by atoms with Gasteiger partial charge in [-0.3, -0.25) is 0 Å². The van der Waals surface area contributed by atoms with Crippen LogP contribution in [0.2, 0.25) is 0 Å². The van der Waals surface area contributed by atoms with Crippen LogP contribution in [0.4, 0.5) is 13.2 Å². The van der Waals surface area contributed by atoms with Gasteiger partial charge in [-0.25, -0.2) is 13.2 Å². The fraction of sp³-hybridized carbons (Fsp3) is 0.750. The molecule has 4 rings (SSSR count). The molecule has 1 nitrogen and oxygen atoms in total. The highest BCUT2D eigenvalue weighted by atomic mass is 127. The lowest BCUT2D eigenvalue weighted by molar-refractivity contribution is -0.0709. The molecule has 0 N–H and O–H groups in total. The summed E-state index contributed by atoms with van der Waals surface area (Å²) in [7, 11) is 0. The summed E-state index contributed by atoms with van der Waals surface area (Å²) in [6.07, 6.45) is 9.80. The molecule has 0 spiro atoms. The summed E-state index contributed by atoms with van der Waals surface area (Å²) in [5.74, 6) is 1.74. The molecule has 1 heterocycles. The molecular weight excluding hydrogens is 488 g/mol. The van der Waals surface area contributed by atoms with E-state index in [9.17, 15) is 13.2 Å². The fourth-order valence-electron chi connectivity index (χ4n) is 5.88. The van der Waals surface area contributed by atoms with Crippen molar-refractivity contribution in [3.05, 3.63) is 35.1 Å². The van der Waals surface area contributed by atoms with Crippen LogP contribution < -0.4 is 0 Å². The molecule has 1 aromatic carbocycles. The third-order valence-corrected chi connectivity index (χ3v) is 8.99. The first-order chi connectivity index (χ1) is 14.0. The zero-order valence-electron chi connectivity index (χ0n) is 17.0. The van der Waals surface area contributed by atoms with E-state index < -0.39 is 17.8 Å². The molecule has 1 aromatic rings. The minimum absolute atomic E-state index is 0.285. The minimum Gasteiger partial charge on any atom is -0.378 e. The van der Waals surface area contributed by atoms with Crippen LogP contribution >= 0.6 is 22.6 Å². The fourth-order valence-corrected chi connectivity index (χ4v) is 6.60. The highest BCUT2D eigenvalue weighted by Crippen LogP contribution is 2.43. The van der Waals surface area contributed by atoms with Crippen molar-refractivity contribution in [1.82, 2.24) is 0 Å². The van der Waals surface area contributed by atoms with Gasteiger partial charge >= 0.3 is 0 Å². The van der Waals surface area contributed by atoms with Gasteiger partial charge in [-0.05, 0) is 99.5 Å². The molecule has 5 heteroatoms. The molecule has 2 aliphatic carbocycles. The van der Waals surface area contributed by atoms with Crippen molar-refractivity contribution in [2.75, 3.05) is 6.61 Å². The van der Waals surface area contributed by atoms with Crippen LogP contribution in [0.25, 0.3) is 0 Å². The van der Waals surface area contributed by atoms with E-state index in [0.29, 0.717) is 12.0 Å². The summed E-state index contributed by atoms with van der Waals surface area (Å²) < 4.78 is 46.7. The molecule has 1 aliphatic heterocycles. The molecule has 3 fully saturated rings. The second-order valence-electron chi connectivity index (χ2n) is 9.41. The maximum atomic E-state index is 13.9. The molecule has 2 unspecified atom stereocenters. The molecule has 162 valence electrons. The second kappa shape index (κ2) is 9.88. The zero-order chi connectivity index (χ0) is 20.4. The topological polar surface area (TPSA) is 9.23 Å². The molecule has 29 heavy (non-hydrogen) atoms. The van der Waals surface area contributed by atoms with Crippen molar-refractivity contribution in [3.63, 3.8) is 0 Å². The number of alkyl halides is 3. The SMILES string of the molecule is Fc1cc(C2CCC(C3CCC(C4CCC(I)CC4)CO3)CC2)ccc1C(F)F. The summed E-state index contributed by atoms with van der Waals surface area (Å²) in [5, 5.41) is 0. The standard InChI is InChI=1S/C24H32F3IO/c25-22-13-18(7-11-21(22)24(26)27)15-1-3-17(4-2-15)23-12-8-19(14-29-23)16-5-9-20(28)10-6-16/h7,11,13,15-17,19-20,23-24H,1-6,8-10,12,14H2. The first kappa shape index (κ1) is 21.9. The lowest BCUT2D eigenvalue weighted by Crippen LogP contribution is -2.37. The van der Waals surface area contributed by atoms with Crippen molar-refractivity contribution in [2.45, 2.75) is 86.6 Å². The Bertz CT molecular complexity index is 658. The summed E-state index contributed by atoms with van der Waals surface area (Å²) in [4.78, 5) is 0. The Morgan fingerprint density at radius 1 is 0.828 bits per heavy atom. The number of rotatable bonds is 4. The van der Waals surface area contributed by atoms with Gasteiger partial charge in [0.2, 0.25) is 0 Å². The average Bonchev–Trinajstić information content (AvgIpc) is 2.74. The van der Waals surface area contributed by atoms with Gasteiger partial charge in [0.05, 0.1) is 18.3 Å². The van der Waals surface area contributed by atoms with E-state index in [1.54, 1.807) is 6.07 Å². The number of hydrogen-bond acceptors (Lipinski definition) is 1.